The van der Waals surface area contributed by atoms with Crippen LogP contribution in [0.2, 0.25) is 0 Å². The van der Waals surface area contributed by atoms with Crippen molar-refractivity contribution >= 4 is 65.6 Å². The molecule has 0 radical (unpaired) electrons. The van der Waals surface area contributed by atoms with E-state index in [1.165, 1.54) is 18.2 Å². The first kappa shape index (κ1) is 46.1. The monoisotopic (exact) mass is 864 g/mol. The van der Waals surface area contributed by atoms with Crippen LogP contribution in [0, 0.1) is 22.7 Å². The van der Waals surface area contributed by atoms with Gasteiger partial charge in [-0.25, -0.2) is 0 Å². The molecule has 20 nitrogen and oxygen atoms in total. The Morgan fingerprint density at radius 3 is 1.47 bits per heavy atom. The number of hydrogen-bond donors (Lipinski definition) is 11. The summed E-state index contributed by atoms with van der Waals surface area (Å²) >= 11 is 0. The van der Waals surface area contributed by atoms with Gasteiger partial charge in [0, 0.05) is 100 Å². The third-order valence-electron chi connectivity index (χ3n) is 12.1. The first-order valence-corrected chi connectivity index (χ1v) is 19.7. The number of allylic oxidation sites excluding steroid dienone is 4. The standard InChI is InChI=1S/C42H48N4O16/c1-41(17-39(59)60)23(5-9-35(51)52)29-14-27-21(11-37(55)56)19(3-7-33(47)48)25(43-27)13-26-20(4-8-34(49)50)22(12-38(57)58)28(44-26)15-31-42(2,18-40(61)62)24(6-10-36(53)54)30(46-31)16-32(41)45-29/h14-16,23-24,43-44,46H,3-13,17-18H2,1-2H3,(H,47,48)(H,49,50)(H,51,52)(H,53,54)(H,55,56)(H,57,58)(H,59,60)(H,61,62)/b29-14-,30-16?,31-15-/t23-,24-,41+,42+/m1/s1. The second-order valence-corrected chi connectivity index (χ2v) is 16.3. The normalized spacial score (nSPS) is 23.2. The Hall–Kier alpha value is -6.99. The van der Waals surface area contributed by atoms with Gasteiger partial charge in [0.1, 0.15) is 0 Å². The van der Waals surface area contributed by atoms with Crippen molar-refractivity contribution in [3.8, 4) is 0 Å². The van der Waals surface area contributed by atoms with E-state index in [9.17, 15) is 79.2 Å². The van der Waals surface area contributed by atoms with Crippen LogP contribution in [0.15, 0.2) is 28.2 Å². The van der Waals surface area contributed by atoms with Crippen LogP contribution in [0.25, 0.3) is 12.2 Å². The number of carboxylic acid groups (broad SMARTS) is 8. The fourth-order valence-corrected chi connectivity index (χ4v) is 9.22. The number of aromatic amines is 2. The molecule has 20 heteroatoms. The van der Waals surface area contributed by atoms with Crippen LogP contribution in [-0.4, -0.2) is 104 Å². The Morgan fingerprint density at radius 2 is 1.02 bits per heavy atom. The molecule has 0 aliphatic carbocycles. The number of aliphatic imine (C=N–C) groups is 1. The summed E-state index contributed by atoms with van der Waals surface area (Å²) in [6.45, 7) is 3.15. The van der Waals surface area contributed by atoms with Gasteiger partial charge in [0.25, 0.3) is 0 Å². The number of carbonyl (C=O) groups is 8. The SMILES string of the molecule is C[C@@]1(CC(=O)O)C2=N/C(=C\c3[nH]c(c(CCC(=O)O)c3CC(=O)O)Cc3[nH]c(c(CC(=O)O)c3CCC(=O)O)/C=C3\NC(=C2)[C@@H](CCC(=O)O)[C@]3(C)CC(=O)O)[C@H]1CCC(=O)O. The minimum atomic E-state index is -1.46. The first-order chi connectivity index (χ1) is 29.0. The number of nitrogens with one attached hydrogen (secondary N) is 3. The highest BCUT2D eigenvalue weighted by Crippen LogP contribution is 2.53. The smallest absolute Gasteiger partial charge is 0.307 e. The fourth-order valence-electron chi connectivity index (χ4n) is 9.22. The minimum absolute atomic E-state index is 0.109. The molecular formula is C42H48N4O16. The maximum Gasteiger partial charge on any atom is 0.307 e. The van der Waals surface area contributed by atoms with Crippen LogP contribution in [0.4, 0.5) is 0 Å². The van der Waals surface area contributed by atoms with E-state index in [0.29, 0.717) is 0 Å². The van der Waals surface area contributed by atoms with Gasteiger partial charge < -0.3 is 56.1 Å². The van der Waals surface area contributed by atoms with Crippen LogP contribution in [0.5, 0.6) is 0 Å². The molecule has 1 saturated heterocycles. The van der Waals surface area contributed by atoms with E-state index in [1.807, 2.05) is 0 Å². The van der Waals surface area contributed by atoms with Crippen LogP contribution in [0.1, 0.15) is 110 Å². The molecule has 0 spiro atoms. The van der Waals surface area contributed by atoms with Crippen molar-refractivity contribution in [1.29, 1.82) is 0 Å². The minimum Gasteiger partial charge on any atom is -0.481 e. The van der Waals surface area contributed by atoms with Crippen molar-refractivity contribution in [2.24, 2.45) is 27.7 Å². The average Bonchev–Trinajstić information content (AvgIpc) is 3.77. The quantitative estimate of drug-likeness (QED) is 0.0902. The van der Waals surface area contributed by atoms with E-state index in [-0.39, 0.29) is 99.9 Å². The molecule has 0 aromatic carbocycles. The molecular weight excluding hydrogens is 816 g/mol. The summed E-state index contributed by atoms with van der Waals surface area (Å²) in [7, 11) is 0. The maximum absolute atomic E-state index is 12.6. The Kier molecular flexibility index (Phi) is 13.6. The third-order valence-corrected chi connectivity index (χ3v) is 12.1. The number of aliphatic carboxylic acids is 8. The van der Waals surface area contributed by atoms with E-state index in [4.69, 9.17) is 4.99 Å². The highest BCUT2D eigenvalue weighted by molar-refractivity contribution is 6.05. The lowest BCUT2D eigenvalue weighted by molar-refractivity contribution is -0.140. The van der Waals surface area contributed by atoms with E-state index in [0.717, 1.165) is 0 Å². The summed E-state index contributed by atoms with van der Waals surface area (Å²) in [6.07, 6.45) is -0.580. The summed E-state index contributed by atoms with van der Waals surface area (Å²) < 4.78 is 0. The Labute approximate surface area is 352 Å². The number of aromatic nitrogens is 2. The number of H-pyrrole nitrogens is 2. The topological polar surface area (TPSA) is 354 Å². The van der Waals surface area contributed by atoms with E-state index in [1.54, 1.807) is 13.8 Å². The van der Waals surface area contributed by atoms with Gasteiger partial charge in [-0.3, -0.25) is 43.3 Å². The predicted molar refractivity (Wildman–Crippen MR) is 215 cm³/mol. The zero-order valence-electron chi connectivity index (χ0n) is 33.9. The molecule has 332 valence electrons. The summed E-state index contributed by atoms with van der Waals surface area (Å²) in [5.41, 5.74) is -0.495. The van der Waals surface area contributed by atoms with Gasteiger partial charge in [0.05, 0.1) is 25.7 Å². The summed E-state index contributed by atoms with van der Waals surface area (Å²) in [5.74, 6) is -11.8. The van der Waals surface area contributed by atoms with Crippen molar-refractivity contribution in [3.63, 3.8) is 0 Å². The Morgan fingerprint density at radius 1 is 0.565 bits per heavy atom. The van der Waals surface area contributed by atoms with E-state index in [2.05, 4.69) is 15.3 Å². The van der Waals surface area contributed by atoms with Gasteiger partial charge in [0.15, 0.2) is 0 Å². The molecule has 8 bridgehead atoms. The summed E-state index contributed by atoms with van der Waals surface area (Å²) in [4.78, 5) is 109. The van der Waals surface area contributed by atoms with Gasteiger partial charge in [0.2, 0.25) is 0 Å². The lowest BCUT2D eigenvalue weighted by Crippen LogP contribution is -2.34. The van der Waals surface area contributed by atoms with Gasteiger partial charge in [-0.1, -0.05) is 13.8 Å². The molecule has 0 saturated carbocycles. The molecule has 62 heavy (non-hydrogen) atoms. The molecule has 3 aliphatic rings. The van der Waals surface area contributed by atoms with Crippen molar-refractivity contribution < 1.29 is 79.2 Å². The zero-order valence-corrected chi connectivity index (χ0v) is 33.9. The highest BCUT2D eigenvalue weighted by atomic mass is 16.4. The third kappa shape index (κ3) is 10.1. The van der Waals surface area contributed by atoms with Gasteiger partial charge in [-0.05, 0) is 66.2 Å². The van der Waals surface area contributed by atoms with Crippen molar-refractivity contribution in [3.05, 3.63) is 68.2 Å². The van der Waals surface area contributed by atoms with Crippen molar-refractivity contribution in [1.82, 2.24) is 15.3 Å². The lowest BCUT2D eigenvalue weighted by Gasteiger charge is -2.32. The van der Waals surface area contributed by atoms with Gasteiger partial charge in [-0.2, -0.15) is 0 Å². The number of hydrogen-bond acceptors (Lipinski definition) is 10. The molecule has 11 N–H and O–H groups in total. The molecule has 2 aromatic heterocycles. The Balaban J connectivity index is 1.97. The fraction of sp³-hybridized carbons (Fsp3) is 0.452. The second-order valence-electron chi connectivity index (χ2n) is 16.3. The molecule has 5 rings (SSSR count). The largest absolute Gasteiger partial charge is 0.481 e. The van der Waals surface area contributed by atoms with Crippen LogP contribution in [-0.2, 0) is 70.5 Å². The van der Waals surface area contributed by atoms with E-state index >= 15 is 0 Å². The number of carboxylic acids is 8. The molecule has 0 amide bonds. The van der Waals surface area contributed by atoms with E-state index < -0.39 is 122 Å². The number of rotatable bonds is 20. The number of fused-ring (bicyclic) bond motifs is 7. The van der Waals surface area contributed by atoms with Gasteiger partial charge in [-0.15, -0.1) is 0 Å². The summed E-state index contributed by atoms with van der Waals surface area (Å²) in [5, 5.41) is 83.0. The Bertz CT molecular complexity index is 2360. The molecule has 5 heterocycles. The van der Waals surface area contributed by atoms with Crippen molar-refractivity contribution in [2.45, 2.75) is 97.3 Å². The van der Waals surface area contributed by atoms with Crippen LogP contribution >= 0.6 is 0 Å². The zero-order chi connectivity index (χ0) is 45.8. The lowest BCUT2D eigenvalue weighted by atomic mass is 9.68. The molecule has 3 aliphatic heterocycles. The summed E-state index contributed by atoms with van der Waals surface area (Å²) in [6, 6.07) is 0. The van der Waals surface area contributed by atoms with Crippen LogP contribution in [0.3, 0.4) is 0 Å². The maximum atomic E-state index is 12.6. The molecule has 1 fully saturated rings. The van der Waals surface area contributed by atoms with Crippen LogP contribution < -0.4 is 5.32 Å². The predicted octanol–water partition coefficient (Wildman–Crippen LogP) is 3.78. The number of nitrogens with zero attached hydrogens (tertiary/aromatic N) is 1. The van der Waals surface area contributed by atoms with Crippen molar-refractivity contribution in [2.75, 3.05) is 0 Å². The average molecular weight is 865 g/mol. The second kappa shape index (κ2) is 18.3. The molecule has 2 aromatic rings. The van der Waals surface area contributed by atoms with Gasteiger partial charge >= 0.3 is 47.8 Å². The molecule has 4 atom stereocenters. The first-order valence-electron chi connectivity index (χ1n) is 19.7. The highest BCUT2D eigenvalue weighted by Gasteiger charge is 2.51. The molecule has 0 unspecified atom stereocenters.